The van der Waals surface area contributed by atoms with Crippen LogP contribution in [0.15, 0.2) is 35.4 Å². The Morgan fingerprint density at radius 2 is 1.57 bits per heavy atom. The van der Waals surface area contributed by atoms with E-state index in [2.05, 4.69) is 10.0 Å². The van der Waals surface area contributed by atoms with Gasteiger partial charge in [-0.05, 0) is 38.4 Å². The maximum absolute atomic E-state index is 13.5. The van der Waals surface area contributed by atoms with E-state index in [0.29, 0.717) is 5.30 Å². The van der Waals surface area contributed by atoms with E-state index in [1.807, 2.05) is 0 Å². The zero-order valence-corrected chi connectivity index (χ0v) is 15.2. The van der Waals surface area contributed by atoms with Crippen molar-refractivity contribution in [2.24, 2.45) is 5.11 Å². The standard InChI is InChI=1S/C13H21N3O5P2/c1-4-19-22(17,12-10-8-7-9-11-12)13(15-16-14)23(18,20-5-2)21-6-3/h7-11,13H,4-6H2,1-3H3. The van der Waals surface area contributed by atoms with Crippen LogP contribution in [0.25, 0.3) is 10.4 Å². The molecule has 0 fully saturated rings. The lowest BCUT2D eigenvalue weighted by Gasteiger charge is -2.29. The van der Waals surface area contributed by atoms with Crippen molar-refractivity contribution in [1.82, 2.24) is 0 Å². The third-order valence-corrected chi connectivity index (χ3v) is 8.83. The molecule has 8 nitrogen and oxygen atoms in total. The van der Waals surface area contributed by atoms with Crippen LogP contribution in [-0.2, 0) is 22.7 Å². The predicted molar refractivity (Wildman–Crippen MR) is 89.1 cm³/mol. The van der Waals surface area contributed by atoms with Crippen LogP contribution in [0.5, 0.6) is 0 Å². The second-order valence-electron chi connectivity index (χ2n) is 4.28. The summed E-state index contributed by atoms with van der Waals surface area (Å²) in [6, 6.07) is 8.21. The minimum absolute atomic E-state index is 0.0512. The fraction of sp³-hybridized carbons (Fsp3) is 0.538. The Balaban J connectivity index is 3.51. The van der Waals surface area contributed by atoms with E-state index in [4.69, 9.17) is 19.1 Å². The molecular weight excluding hydrogens is 340 g/mol. The van der Waals surface area contributed by atoms with Crippen molar-refractivity contribution in [3.63, 3.8) is 0 Å². The van der Waals surface area contributed by atoms with Gasteiger partial charge in [0.1, 0.15) is 0 Å². The van der Waals surface area contributed by atoms with Crippen LogP contribution in [-0.4, -0.2) is 25.3 Å². The normalized spacial score (nSPS) is 15.4. The lowest BCUT2D eigenvalue weighted by molar-refractivity contribution is 0.215. The summed E-state index contributed by atoms with van der Waals surface area (Å²) < 4.78 is 42.4. The number of azide groups is 1. The van der Waals surface area contributed by atoms with E-state index < -0.39 is 20.5 Å². The van der Waals surface area contributed by atoms with E-state index in [-0.39, 0.29) is 19.8 Å². The fourth-order valence-corrected chi connectivity index (χ4v) is 7.42. The molecule has 0 aliphatic heterocycles. The average molecular weight is 361 g/mol. The van der Waals surface area contributed by atoms with Crippen LogP contribution >= 0.6 is 15.0 Å². The van der Waals surface area contributed by atoms with Crippen molar-refractivity contribution >= 4 is 20.3 Å². The van der Waals surface area contributed by atoms with Crippen LogP contribution in [0.3, 0.4) is 0 Å². The van der Waals surface area contributed by atoms with Crippen LogP contribution < -0.4 is 5.30 Å². The molecule has 1 rings (SSSR count). The van der Waals surface area contributed by atoms with Crippen LogP contribution in [0.2, 0.25) is 0 Å². The van der Waals surface area contributed by atoms with Crippen LogP contribution in [0, 0.1) is 0 Å². The summed E-state index contributed by atoms with van der Waals surface area (Å²) in [5, 5.41) is 3.77. The quantitative estimate of drug-likeness (QED) is 0.264. The van der Waals surface area contributed by atoms with Crippen LogP contribution in [0.4, 0.5) is 0 Å². The van der Waals surface area contributed by atoms with Crippen molar-refractivity contribution in [3.05, 3.63) is 40.8 Å². The van der Waals surface area contributed by atoms with E-state index in [1.54, 1.807) is 51.1 Å². The van der Waals surface area contributed by atoms with E-state index in [0.717, 1.165) is 0 Å². The fourth-order valence-electron chi connectivity index (χ4n) is 2.00. The first-order valence-electron chi connectivity index (χ1n) is 7.21. The molecule has 0 aliphatic carbocycles. The Morgan fingerprint density at radius 1 is 1.04 bits per heavy atom. The van der Waals surface area contributed by atoms with Gasteiger partial charge in [0.25, 0.3) is 7.37 Å². The summed E-state index contributed by atoms with van der Waals surface area (Å²) in [5.74, 6) is 0. The molecule has 0 spiro atoms. The zero-order chi connectivity index (χ0) is 17.3. The number of nitrogens with zero attached hydrogens (tertiary/aromatic N) is 3. The molecule has 10 heteroatoms. The van der Waals surface area contributed by atoms with E-state index in [1.165, 1.54) is 0 Å². The summed E-state index contributed by atoms with van der Waals surface area (Å²) in [6.45, 7) is 5.07. The molecule has 2 atom stereocenters. The smallest absolute Gasteiger partial charge is 0.325 e. The van der Waals surface area contributed by atoms with Gasteiger partial charge in [0, 0.05) is 10.2 Å². The van der Waals surface area contributed by atoms with E-state index >= 15 is 0 Å². The lowest BCUT2D eigenvalue weighted by atomic mass is 10.4. The molecule has 0 amide bonds. The second-order valence-corrected chi connectivity index (χ2v) is 9.23. The molecule has 0 saturated heterocycles. The highest BCUT2D eigenvalue weighted by Crippen LogP contribution is 2.69. The predicted octanol–water partition coefficient (Wildman–Crippen LogP) is 4.49. The van der Waals surface area contributed by atoms with Gasteiger partial charge in [-0.1, -0.05) is 23.3 Å². The molecule has 0 aromatic heterocycles. The van der Waals surface area contributed by atoms with Gasteiger partial charge in [-0.3, -0.25) is 9.13 Å². The summed E-state index contributed by atoms with van der Waals surface area (Å²) in [6.07, 6.45) is 0. The van der Waals surface area contributed by atoms with Gasteiger partial charge >= 0.3 is 7.60 Å². The Morgan fingerprint density at radius 3 is 2.00 bits per heavy atom. The Kier molecular flexibility index (Phi) is 8.00. The largest absolute Gasteiger partial charge is 0.349 e. The molecule has 0 saturated carbocycles. The highest BCUT2D eigenvalue weighted by atomic mass is 31.2. The molecule has 1 aromatic rings. The summed E-state index contributed by atoms with van der Waals surface area (Å²) in [7, 11) is -7.78. The van der Waals surface area contributed by atoms with Gasteiger partial charge in [0.05, 0.1) is 19.8 Å². The zero-order valence-electron chi connectivity index (χ0n) is 13.4. The average Bonchev–Trinajstić information content (AvgIpc) is 2.54. The SMILES string of the molecule is CCOP(=O)(OCC)C(N=[N+]=[N-])P(=O)(OCC)c1ccccc1. The molecule has 1 aromatic carbocycles. The maximum atomic E-state index is 13.5. The highest BCUT2D eigenvalue weighted by molar-refractivity contribution is 7.79. The summed E-state index contributed by atoms with van der Waals surface area (Å²) >= 11 is 0. The second kappa shape index (κ2) is 9.24. The number of rotatable bonds is 10. The van der Waals surface area contributed by atoms with Crippen molar-refractivity contribution in [1.29, 1.82) is 0 Å². The molecule has 0 aliphatic rings. The highest BCUT2D eigenvalue weighted by Gasteiger charge is 2.50. The first-order valence-corrected chi connectivity index (χ1v) is 10.5. The minimum atomic E-state index is -3.97. The third-order valence-electron chi connectivity index (χ3n) is 2.80. The Bertz CT molecular complexity index is 624. The number of benzene rings is 1. The first kappa shape index (κ1) is 19.9. The van der Waals surface area contributed by atoms with Gasteiger partial charge < -0.3 is 13.6 Å². The Labute approximate surface area is 135 Å². The third kappa shape index (κ3) is 4.67. The summed E-state index contributed by atoms with van der Waals surface area (Å²) in [4.78, 5) is 2.68. The summed E-state index contributed by atoms with van der Waals surface area (Å²) in [5.41, 5.74) is 7.28. The van der Waals surface area contributed by atoms with Gasteiger partial charge in [0.2, 0.25) is 5.52 Å². The lowest BCUT2D eigenvalue weighted by Crippen LogP contribution is -2.20. The topological polar surface area (TPSA) is 111 Å². The van der Waals surface area contributed by atoms with Crippen molar-refractivity contribution < 1.29 is 22.7 Å². The number of hydrogen-bond donors (Lipinski definition) is 0. The number of hydrogen-bond acceptors (Lipinski definition) is 6. The maximum Gasteiger partial charge on any atom is 0.349 e. The van der Waals surface area contributed by atoms with Crippen molar-refractivity contribution in [2.75, 3.05) is 19.8 Å². The molecule has 128 valence electrons. The molecule has 0 heterocycles. The minimum Gasteiger partial charge on any atom is -0.325 e. The molecule has 23 heavy (non-hydrogen) atoms. The van der Waals surface area contributed by atoms with Crippen molar-refractivity contribution in [3.8, 4) is 0 Å². The van der Waals surface area contributed by atoms with Gasteiger partial charge in [-0.15, -0.1) is 0 Å². The molecule has 0 bridgehead atoms. The van der Waals surface area contributed by atoms with Gasteiger partial charge in [-0.2, -0.15) is 0 Å². The molecule has 0 radical (unpaired) electrons. The molecule has 2 unspecified atom stereocenters. The monoisotopic (exact) mass is 361 g/mol. The van der Waals surface area contributed by atoms with E-state index in [9.17, 15) is 9.13 Å². The van der Waals surface area contributed by atoms with Crippen molar-refractivity contribution in [2.45, 2.75) is 26.3 Å². The first-order chi connectivity index (χ1) is 11.0. The molecular formula is C13H21N3O5P2. The van der Waals surface area contributed by atoms with Gasteiger partial charge in [0.15, 0.2) is 0 Å². The van der Waals surface area contributed by atoms with Gasteiger partial charge in [-0.25, -0.2) is 0 Å². The Hall–Kier alpha value is -1.13. The molecule has 0 N–H and O–H groups in total. The van der Waals surface area contributed by atoms with Crippen LogP contribution in [0.1, 0.15) is 20.8 Å².